The largest absolute Gasteiger partial charge is 0.298 e. The highest BCUT2D eigenvalue weighted by atomic mass is 35.5. The molecule has 132 valence electrons. The van der Waals surface area contributed by atoms with Crippen molar-refractivity contribution < 1.29 is 14.6 Å². The standard InChI is InChI=1S/C15H9ClN4O5S/c1-7-11(16)2-3-12-13(7)17-15(26-12)18-14(21)8-4-9(19(22)23)6-10(5-8)20(24)25/h2-6H,1H3,(H,17,18,21). The number of carbonyl (C=O) groups is 1. The third-order valence-electron chi connectivity index (χ3n) is 3.55. The Morgan fingerprint density at radius 2 is 1.77 bits per heavy atom. The summed E-state index contributed by atoms with van der Waals surface area (Å²) in [7, 11) is 0. The van der Waals surface area contributed by atoms with Crippen molar-refractivity contribution in [3.8, 4) is 0 Å². The maximum Gasteiger partial charge on any atom is 0.277 e. The van der Waals surface area contributed by atoms with Crippen molar-refractivity contribution in [3.63, 3.8) is 0 Å². The van der Waals surface area contributed by atoms with Crippen molar-refractivity contribution in [2.75, 3.05) is 5.32 Å². The van der Waals surface area contributed by atoms with Crippen LogP contribution in [0.15, 0.2) is 30.3 Å². The lowest BCUT2D eigenvalue weighted by molar-refractivity contribution is -0.394. The number of nitro benzene ring substituents is 2. The molecule has 0 radical (unpaired) electrons. The summed E-state index contributed by atoms with van der Waals surface area (Å²) in [6.45, 7) is 1.79. The molecule has 3 rings (SSSR count). The number of carbonyl (C=O) groups excluding carboxylic acids is 1. The predicted octanol–water partition coefficient (Wildman–Crippen LogP) is 4.33. The van der Waals surface area contributed by atoms with Crippen molar-refractivity contribution in [1.82, 2.24) is 4.98 Å². The fourth-order valence-electron chi connectivity index (χ4n) is 2.26. The van der Waals surface area contributed by atoms with Gasteiger partial charge in [-0.05, 0) is 24.6 Å². The van der Waals surface area contributed by atoms with Gasteiger partial charge in [0.25, 0.3) is 17.3 Å². The Morgan fingerprint density at radius 3 is 2.35 bits per heavy atom. The van der Waals surface area contributed by atoms with E-state index in [1.807, 2.05) is 0 Å². The molecule has 0 unspecified atom stereocenters. The second kappa shape index (κ2) is 6.65. The molecule has 0 bridgehead atoms. The van der Waals surface area contributed by atoms with E-state index >= 15 is 0 Å². The van der Waals surface area contributed by atoms with Crippen molar-refractivity contribution >= 4 is 55.6 Å². The minimum Gasteiger partial charge on any atom is -0.298 e. The Hall–Kier alpha value is -3.11. The van der Waals surface area contributed by atoms with Gasteiger partial charge in [0, 0.05) is 17.2 Å². The first-order chi connectivity index (χ1) is 12.3. The van der Waals surface area contributed by atoms with E-state index in [-0.39, 0.29) is 10.7 Å². The molecule has 2 aromatic carbocycles. The van der Waals surface area contributed by atoms with Crippen molar-refractivity contribution in [1.29, 1.82) is 0 Å². The van der Waals surface area contributed by atoms with Crippen LogP contribution in [-0.2, 0) is 0 Å². The smallest absolute Gasteiger partial charge is 0.277 e. The van der Waals surface area contributed by atoms with Gasteiger partial charge in [-0.3, -0.25) is 30.3 Å². The first-order valence-electron chi connectivity index (χ1n) is 7.07. The lowest BCUT2D eigenvalue weighted by Gasteiger charge is -2.02. The van der Waals surface area contributed by atoms with Crippen molar-refractivity contribution in [2.24, 2.45) is 0 Å². The summed E-state index contributed by atoms with van der Waals surface area (Å²) in [4.78, 5) is 36.9. The number of amides is 1. The molecule has 11 heteroatoms. The molecule has 26 heavy (non-hydrogen) atoms. The number of rotatable bonds is 4. The van der Waals surface area contributed by atoms with Crippen molar-refractivity contribution in [2.45, 2.75) is 6.92 Å². The van der Waals surface area contributed by atoms with E-state index in [0.717, 1.165) is 28.5 Å². The molecule has 0 aliphatic rings. The number of halogens is 1. The second-order valence-corrected chi connectivity index (χ2v) is 6.68. The van der Waals surface area contributed by atoms with Crippen LogP contribution in [0.5, 0.6) is 0 Å². The van der Waals surface area contributed by atoms with Gasteiger partial charge >= 0.3 is 0 Å². The van der Waals surface area contributed by atoms with Crippen LogP contribution in [0.3, 0.4) is 0 Å². The van der Waals surface area contributed by atoms with Crippen molar-refractivity contribution in [3.05, 3.63) is 66.7 Å². The van der Waals surface area contributed by atoms with Gasteiger partial charge in [0.2, 0.25) is 0 Å². The summed E-state index contributed by atoms with van der Waals surface area (Å²) in [5, 5.41) is 25.1. The van der Waals surface area contributed by atoms with E-state index in [2.05, 4.69) is 10.3 Å². The number of nitrogens with zero attached hydrogens (tertiary/aromatic N) is 3. The number of fused-ring (bicyclic) bond motifs is 1. The normalized spacial score (nSPS) is 10.7. The van der Waals surface area contributed by atoms with Gasteiger partial charge in [-0.2, -0.15) is 0 Å². The van der Waals surface area contributed by atoms with Crippen LogP contribution in [0.2, 0.25) is 5.02 Å². The number of nitrogens with one attached hydrogen (secondary N) is 1. The van der Waals surface area contributed by atoms with Gasteiger partial charge in [0.15, 0.2) is 5.13 Å². The number of nitro groups is 2. The third kappa shape index (κ3) is 3.32. The topological polar surface area (TPSA) is 128 Å². The Bertz CT molecular complexity index is 1050. The minimum atomic E-state index is -0.799. The molecule has 3 aromatic rings. The maximum atomic E-state index is 12.4. The Balaban J connectivity index is 1.96. The molecule has 0 atom stereocenters. The Morgan fingerprint density at radius 1 is 1.15 bits per heavy atom. The number of aromatic nitrogens is 1. The molecular formula is C15H9ClN4O5S. The average Bonchev–Trinajstić information content (AvgIpc) is 3.01. The number of non-ortho nitro benzene ring substituents is 2. The fraction of sp³-hybridized carbons (Fsp3) is 0.0667. The van der Waals surface area contributed by atoms with Gasteiger partial charge in [-0.1, -0.05) is 22.9 Å². The molecule has 0 saturated heterocycles. The third-order valence-corrected chi connectivity index (χ3v) is 4.90. The summed E-state index contributed by atoms with van der Waals surface area (Å²) in [6, 6.07) is 6.21. The number of anilines is 1. The highest BCUT2D eigenvalue weighted by Crippen LogP contribution is 2.32. The molecule has 9 nitrogen and oxygen atoms in total. The predicted molar refractivity (Wildman–Crippen MR) is 97.1 cm³/mol. The molecular weight excluding hydrogens is 384 g/mol. The highest BCUT2D eigenvalue weighted by Gasteiger charge is 2.21. The average molecular weight is 393 g/mol. The highest BCUT2D eigenvalue weighted by molar-refractivity contribution is 7.22. The van der Waals surface area contributed by atoms with E-state index in [1.54, 1.807) is 19.1 Å². The van der Waals surface area contributed by atoms with E-state index < -0.39 is 27.1 Å². The van der Waals surface area contributed by atoms with E-state index in [0.29, 0.717) is 10.5 Å². The zero-order valence-electron chi connectivity index (χ0n) is 13.1. The second-order valence-electron chi connectivity index (χ2n) is 5.24. The number of hydrogen-bond donors (Lipinski definition) is 1. The van der Waals surface area contributed by atoms with E-state index in [4.69, 9.17) is 11.6 Å². The summed E-state index contributed by atoms with van der Waals surface area (Å²) in [6.07, 6.45) is 0. The van der Waals surface area contributed by atoms with E-state index in [1.165, 1.54) is 11.3 Å². The van der Waals surface area contributed by atoms with Gasteiger partial charge in [-0.15, -0.1) is 0 Å². The fourth-order valence-corrected chi connectivity index (χ4v) is 3.33. The number of hydrogen-bond acceptors (Lipinski definition) is 7. The molecule has 1 N–H and O–H groups in total. The lowest BCUT2D eigenvalue weighted by atomic mass is 10.1. The molecule has 0 spiro atoms. The summed E-state index contributed by atoms with van der Waals surface area (Å²) in [5.74, 6) is -0.736. The molecule has 0 saturated carbocycles. The molecule has 1 heterocycles. The quantitative estimate of drug-likeness (QED) is 0.519. The van der Waals surface area contributed by atoms with Gasteiger partial charge < -0.3 is 0 Å². The van der Waals surface area contributed by atoms with Crippen LogP contribution in [-0.4, -0.2) is 20.7 Å². The van der Waals surface area contributed by atoms with Gasteiger partial charge in [-0.25, -0.2) is 4.98 Å². The van der Waals surface area contributed by atoms with Crippen LogP contribution in [0.25, 0.3) is 10.2 Å². The number of thiazole rings is 1. The number of aryl methyl sites for hydroxylation is 1. The van der Waals surface area contributed by atoms with Crippen LogP contribution in [0.4, 0.5) is 16.5 Å². The summed E-state index contributed by atoms with van der Waals surface area (Å²) in [5.41, 5.74) is 0.0854. The van der Waals surface area contributed by atoms with Crippen LogP contribution >= 0.6 is 22.9 Å². The Labute approximate surface area is 154 Å². The van der Waals surface area contributed by atoms with Crippen LogP contribution in [0.1, 0.15) is 15.9 Å². The monoisotopic (exact) mass is 392 g/mol. The SMILES string of the molecule is Cc1c(Cl)ccc2sc(NC(=O)c3cc([N+](=O)[O-])cc([N+](=O)[O-])c3)nc12. The maximum absolute atomic E-state index is 12.4. The Kier molecular flexibility index (Phi) is 4.53. The van der Waals surface area contributed by atoms with Crippen LogP contribution in [0, 0.1) is 27.2 Å². The molecule has 0 aliphatic carbocycles. The number of benzene rings is 2. The molecule has 1 aromatic heterocycles. The van der Waals surface area contributed by atoms with Gasteiger partial charge in [0.05, 0.1) is 31.7 Å². The summed E-state index contributed by atoms with van der Waals surface area (Å²) >= 11 is 7.24. The molecule has 0 fully saturated rings. The lowest BCUT2D eigenvalue weighted by Crippen LogP contribution is -2.12. The van der Waals surface area contributed by atoms with Gasteiger partial charge in [0.1, 0.15) is 0 Å². The molecule has 1 amide bonds. The first kappa shape index (κ1) is 17.7. The zero-order chi connectivity index (χ0) is 19.0. The van der Waals surface area contributed by atoms with Crippen LogP contribution < -0.4 is 5.32 Å². The molecule has 0 aliphatic heterocycles. The minimum absolute atomic E-state index is 0.208. The van der Waals surface area contributed by atoms with E-state index in [9.17, 15) is 25.0 Å². The zero-order valence-corrected chi connectivity index (χ0v) is 14.6. The summed E-state index contributed by atoms with van der Waals surface area (Å²) < 4.78 is 0.798. The first-order valence-corrected chi connectivity index (χ1v) is 8.26.